The van der Waals surface area contributed by atoms with Crippen molar-refractivity contribution in [2.45, 2.75) is 38.8 Å². The van der Waals surface area contributed by atoms with Crippen molar-refractivity contribution < 1.29 is 9.90 Å². The molecule has 1 fully saturated rings. The van der Waals surface area contributed by atoms with Crippen LogP contribution in [0.5, 0.6) is 0 Å². The summed E-state index contributed by atoms with van der Waals surface area (Å²) in [6.45, 7) is 9.00. The van der Waals surface area contributed by atoms with E-state index in [1.807, 2.05) is 0 Å². The molecule has 1 aliphatic heterocycles. The second-order valence-corrected chi connectivity index (χ2v) is 4.48. The number of carboxylic acids is 1. The highest BCUT2D eigenvalue weighted by molar-refractivity contribution is 5.67. The molecule has 0 saturated carbocycles. The molecular formula is C10H20N2O2. The Hall–Kier alpha value is -0.610. The van der Waals surface area contributed by atoms with Crippen LogP contribution in [0.2, 0.25) is 0 Å². The fourth-order valence-electron chi connectivity index (χ4n) is 2.32. The first kappa shape index (κ1) is 11.5. The Labute approximate surface area is 85.3 Å². The molecule has 2 N–H and O–H groups in total. The monoisotopic (exact) mass is 200 g/mol. The highest BCUT2D eigenvalue weighted by Crippen LogP contribution is 2.21. The van der Waals surface area contributed by atoms with E-state index in [0.29, 0.717) is 0 Å². The van der Waals surface area contributed by atoms with Crippen LogP contribution in [-0.4, -0.2) is 47.2 Å². The van der Waals surface area contributed by atoms with Crippen LogP contribution in [0.1, 0.15) is 27.2 Å². The van der Waals surface area contributed by atoms with Crippen molar-refractivity contribution in [1.29, 1.82) is 0 Å². The Bertz CT molecular complexity index is 216. The number of rotatable bonds is 3. The molecule has 0 aromatic heterocycles. The predicted molar refractivity (Wildman–Crippen MR) is 55.4 cm³/mol. The fraction of sp³-hybridized carbons (Fsp3) is 0.900. The number of aliphatic carboxylic acids is 1. The molecule has 0 aromatic carbocycles. The van der Waals surface area contributed by atoms with Crippen LogP contribution in [-0.2, 0) is 4.79 Å². The van der Waals surface area contributed by atoms with E-state index in [-0.39, 0.29) is 18.0 Å². The first-order valence-electron chi connectivity index (χ1n) is 5.16. The predicted octanol–water partition coefficient (Wildman–Crippen LogP) is 0.533. The van der Waals surface area contributed by atoms with Crippen molar-refractivity contribution in [2.24, 2.45) is 0 Å². The van der Waals surface area contributed by atoms with Gasteiger partial charge in [0.25, 0.3) is 0 Å². The van der Waals surface area contributed by atoms with Gasteiger partial charge in [-0.25, -0.2) is 0 Å². The topological polar surface area (TPSA) is 52.6 Å². The van der Waals surface area contributed by atoms with Crippen molar-refractivity contribution in [3.05, 3.63) is 0 Å². The molecule has 1 atom stereocenters. The van der Waals surface area contributed by atoms with Gasteiger partial charge >= 0.3 is 5.97 Å². The molecule has 4 heteroatoms. The first-order valence-corrected chi connectivity index (χ1v) is 5.16. The molecule has 0 spiro atoms. The zero-order chi connectivity index (χ0) is 10.8. The Morgan fingerprint density at radius 2 is 2.29 bits per heavy atom. The van der Waals surface area contributed by atoms with Crippen molar-refractivity contribution >= 4 is 5.97 Å². The van der Waals surface area contributed by atoms with Crippen LogP contribution in [0.15, 0.2) is 0 Å². The van der Waals surface area contributed by atoms with Gasteiger partial charge in [0, 0.05) is 24.7 Å². The van der Waals surface area contributed by atoms with E-state index in [2.05, 4.69) is 31.0 Å². The van der Waals surface area contributed by atoms with E-state index in [4.69, 9.17) is 5.11 Å². The normalized spacial score (nSPS) is 27.5. The van der Waals surface area contributed by atoms with E-state index in [1.165, 1.54) is 0 Å². The van der Waals surface area contributed by atoms with Crippen molar-refractivity contribution in [2.75, 3.05) is 19.6 Å². The lowest BCUT2D eigenvalue weighted by molar-refractivity contribution is -0.139. The summed E-state index contributed by atoms with van der Waals surface area (Å²) >= 11 is 0. The van der Waals surface area contributed by atoms with Gasteiger partial charge < -0.3 is 10.4 Å². The summed E-state index contributed by atoms with van der Waals surface area (Å²) in [4.78, 5) is 13.0. The van der Waals surface area contributed by atoms with Crippen LogP contribution < -0.4 is 5.32 Å². The van der Waals surface area contributed by atoms with Crippen molar-refractivity contribution in [1.82, 2.24) is 10.2 Å². The van der Waals surface area contributed by atoms with E-state index in [9.17, 15) is 4.79 Å². The molecule has 0 aliphatic carbocycles. The average Bonchev–Trinajstić information content (AvgIpc) is 2.01. The van der Waals surface area contributed by atoms with E-state index < -0.39 is 5.97 Å². The van der Waals surface area contributed by atoms with Gasteiger partial charge in [-0.3, -0.25) is 9.69 Å². The van der Waals surface area contributed by atoms with Crippen LogP contribution in [0.4, 0.5) is 0 Å². The Kier molecular flexibility index (Phi) is 3.50. The van der Waals surface area contributed by atoms with Crippen LogP contribution in [0.25, 0.3) is 0 Å². The third kappa shape index (κ3) is 2.45. The molecule has 1 heterocycles. The number of piperazine rings is 1. The standard InChI is InChI=1S/C10H20N2O2/c1-4-12-8(5-9(13)14)6-11-7-10(12,2)3/h8,11H,4-7H2,1-3H3,(H,13,14). The molecule has 4 nitrogen and oxygen atoms in total. The van der Waals surface area contributed by atoms with Gasteiger partial charge in [0.05, 0.1) is 6.42 Å². The highest BCUT2D eigenvalue weighted by atomic mass is 16.4. The molecule has 1 rings (SSSR count). The summed E-state index contributed by atoms with van der Waals surface area (Å²) < 4.78 is 0. The Balaban J connectivity index is 2.68. The molecule has 0 aromatic rings. The van der Waals surface area contributed by atoms with Crippen LogP contribution in [0, 0.1) is 0 Å². The lowest BCUT2D eigenvalue weighted by Crippen LogP contribution is -2.63. The second-order valence-electron chi connectivity index (χ2n) is 4.48. The summed E-state index contributed by atoms with van der Waals surface area (Å²) in [5, 5.41) is 12.1. The maximum absolute atomic E-state index is 10.7. The van der Waals surface area contributed by atoms with Gasteiger partial charge in [0.1, 0.15) is 0 Å². The van der Waals surface area contributed by atoms with Gasteiger partial charge in [-0.05, 0) is 20.4 Å². The Morgan fingerprint density at radius 3 is 2.79 bits per heavy atom. The second kappa shape index (κ2) is 4.28. The lowest BCUT2D eigenvalue weighted by atomic mass is 9.95. The van der Waals surface area contributed by atoms with E-state index in [0.717, 1.165) is 19.6 Å². The maximum atomic E-state index is 10.7. The van der Waals surface area contributed by atoms with Gasteiger partial charge in [0.15, 0.2) is 0 Å². The smallest absolute Gasteiger partial charge is 0.304 e. The van der Waals surface area contributed by atoms with E-state index in [1.54, 1.807) is 0 Å². The number of nitrogens with zero attached hydrogens (tertiary/aromatic N) is 1. The molecule has 0 amide bonds. The Morgan fingerprint density at radius 1 is 1.64 bits per heavy atom. The minimum absolute atomic E-state index is 0.0626. The summed E-state index contributed by atoms with van der Waals surface area (Å²) in [6.07, 6.45) is 0.226. The summed E-state index contributed by atoms with van der Waals surface area (Å²) in [7, 11) is 0. The fourth-order valence-corrected chi connectivity index (χ4v) is 2.32. The molecule has 82 valence electrons. The average molecular weight is 200 g/mol. The summed E-state index contributed by atoms with van der Waals surface area (Å²) in [5.74, 6) is -0.715. The summed E-state index contributed by atoms with van der Waals surface area (Å²) in [5.41, 5.74) is 0.0626. The van der Waals surface area contributed by atoms with Crippen LogP contribution in [0.3, 0.4) is 0 Å². The summed E-state index contributed by atoms with van der Waals surface area (Å²) in [6, 6.07) is 0.126. The minimum atomic E-state index is -0.715. The van der Waals surface area contributed by atoms with E-state index >= 15 is 0 Å². The zero-order valence-corrected chi connectivity index (χ0v) is 9.21. The maximum Gasteiger partial charge on any atom is 0.304 e. The van der Waals surface area contributed by atoms with Gasteiger partial charge in [-0.15, -0.1) is 0 Å². The number of carboxylic acid groups (broad SMARTS) is 1. The minimum Gasteiger partial charge on any atom is -0.481 e. The molecule has 1 saturated heterocycles. The van der Waals surface area contributed by atoms with Gasteiger partial charge in [0.2, 0.25) is 0 Å². The number of nitrogens with one attached hydrogen (secondary N) is 1. The molecule has 0 bridgehead atoms. The molecule has 0 radical (unpaired) electrons. The SMILES string of the molecule is CCN1C(CC(=O)O)CNCC1(C)C. The van der Waals surface area contributed by atoms with Crippen molar-refractivity contribution in [3.63, 3.8) is 0 Å². The molecule has 1 unspecified atom stereocenters. The third-order valence-corrected chi connectivity index (χ3v) is 2.91. The lowest BCUT2D eigenvalue weighted by Gasteiger charge is -2.47. The zero-order valence-electron chi connectivity index (χ0n) is 9.21. The quantitative estimate of drug-likeness (QED) is 0.698. The third-order valence-electron chi connectivity index (χ3n) is 2.91. The number of hydrogen-bond donors (Lipinski definition) is 2. The van der Waals surface area contributed by atoms with Crippen molar-refractivity contribution in [3.8, 4) is 0 Å². The largest absolute Gasteiger partial charge is 0.481 e. The first-order chi connectivity index (χ1) is 6.47. The van der Waals surface area contributed by atoms with Gasteiger partial charge in [-0.2, -0.15) is 0 Å². The molecular weight excluding hydrogens is 180 g/mol. The molecule has 1 aliphatic rings. The number of hydrogen-bond acceptors (Lipinski definition) is 3. The van der Waals surface area contributed by atoms with Crippen LogP contribution >= 0.6 is 0 Å². The number of likely N-dealkylation sites (N-methyl/N-ethyl adjacent to an activating group) is 1. The highest BCUT2D eigenvalue weighted by Gasteiger charge is 2.35. The molecule has 14 heavy (non-hydrogen) atoms. The number of carbonyl (C=O) groups is 1. The van der Waals surface area contributed by atoms with Gasteiger partial charge in [-0.1, -0.05) is 6.92 Å².